The van der Waals surface area contributed by atoms with Crippen LogP contribution in [0, 0.1) is 0 Å². The number of halogens is 1. The predicted octanol–water partition coefficient (Wildman–Crippen LogP) is 4.12. The SMILES string of the molecule is O=C1N(CCOc2ccc3ccccc3c2)c2ccc(Cl)cc2C12OCCO2. The maximum Gasteiger partial charge on any atom is 0.292 e. The van der Waals surface area contributed by atoms with Gasteiger partial charge in [-0.2, -0.15) is 0 Å². The Morgan fingerprint density at radius 1 is 1.00 bits per heavy atom. The summed E-state index contributed by atoms with van der Waals surface area (Å²) in [5.74, 6) is -0.836. The Morgan fingerprint density at radius 2 is 1.79 bits per heavy atom. The molecule has 1 saturated heterocycles. The Hall–Kier alpha value is -2.60. The summed E-state index contributed by atoms with van der Waals surface area (Å²) in [6.45, 7) is 1.48. The van der Waals surface area contributed by atoms with E-state index in [9.17, 15) is 4.79 Å². The molecule has 2 aliphatic heterocycles. The lowest BCUT2D eigenvalue weighted by atomic mass is 10.1. The van der Waals surface area contributed by atoms with Crippen LogP contribution in [0.5, 0.6) is 5.75 Å². The summed E-state index contributed by atoms with van der Waals surface area (Å²) in [6, 6.07) is 19.4. The summed E-state index contributed by atoms with van der Waals surface area (Å²) in [5, 5.41) is 2.82. The van der Waals surface area contributed by atoms with E-state index in [0.29, 0.717) is 37.0 Å². The number of rotatable bonds is 4. The summed E-state index contributed by atoms with van der Waals surface area (Å²) < 4.78 is 17.4. The number of ether oxygens (including phenoxy) is 3. The van der Waals surface area contributed by atoms with Crippen LogP contribution in [0.1, 0.15) is 5.56 Å². The van der Waals surface area contributed by atoms with Crippen LogP contribution in [0.25, 0.3) is 10.8 Å². The average molecular weight is 396 g/mol. The number of carbonyl (C=O) groups excluding carboxylic acids is 1. The van der Waals surface area contributed by atoms with Crippen molar-refractivity contribution in [1.82, 2.24) is 0 Å². The topological polar surface area (TPSA) is 48.0 Å². The van der Waals surface area contributed by atoms with E-state index in [1.54, 1.807) is 17.0 Å². The van der Waals surface area contributed by atoms with Gasteiger partial charge in [0.2, 0.25) is 0 Å². The van der Waals surface area contributed by atoms with Gasteiger partial charge in [0, 0.05) is 10.6 Å². The fourth-order valence-corrected chi connectivity index (χ4v) is 4.01. The molecule has 1 amide bonds. The Morgan fingerprint density at radius 3 is 2.61 bits per heavy atom. The third-order valence-electron chi connectivity index (χ3n) is 5.13. The number of hydrogen-bond acceptors (Lipinski definition) is 4. The van der Waals surface area contributed by atoms with Crippen LogP contribution in [-0.4, -0.2) is 32.3 Å². The summed E-state index contributed by atoms with van der Waals surface area (Å²) in [4.78, 5) is 14.7. The first-order valence-corrected chi connectivity index (χ1v) is 9.57. The number of fused-ring (bicyclic) bond motifs is 3. The molecule has 1 fully saturated rings. The lowest BCUT2D eigenvalue weighted by molar-refractivity contribution is -0.180. The molecular weight excluding hydrogens is 378 g/mol. The minimum absolute atomic E-state index is 0.232. The van der Waals surface area contributed by atoms with Crippen molar-refractivity contribution in [2.75, 3.05) is 31.3 Å². The van der Waals surface area contributed by atoms with Gasteiger partial charge in [-0.1, -0.05) is 41.9 Å². The minimum atomic E-state index is -1.37. The quantitative estimate of drug-likeness (QED) is 0.666. The molecule has 0 N–H and O–H groups in total. The largest absolute Gasteiger partial charge is 0.492 e. The zero-order valence-corrected chi connectivity index (χ0v) is 15.8. The highest BCUT2D eigenvalue weighted by Gasteiger charge is 2.56. The molecule has 142 valence electrons. The Kier molecular flexibility index (Phi) is 4.23. The van der Waals surface area contributed by atoms with Crippen LogP contribution in [0.15, 0.2) is 60.7 Å². The molecule has 0 saturated carbocycles. The summed E-state index contributed by atoms with van der Waals surface area (Å²) in [5.41, 5.74) is 1.41. The van der Waals surface area contributed by atoms with Gasteiger partial charge in [0.1, 0.15) is 12.4 Å². The third kappa shape index (κ3) is 2.75. The molecule has 0 unspecified atom stereocenters. The monoisotopic (exact) mass is 395 g/mol. The van der Waals surface area contributed by atoms with Gasteiger partial charge in [-0.05, 0) is 41.1 Å². The number of benzene rings is 3. The molecule has 0 bridgehead atoms. The zero-order valence-electron chi connectivity index (χ0n) is 15.1. The van der Waals surface area contributed by atoms with E-state index in [1.165, 1.54) is 0 Å². The van der Waals surface area contributed by atoms with Gasteiger partial charge >= 0.3 is 0 Å². The van der Waals surface area contributed by atoms with Gasteiger partial charge in [-0.25, -0.2) is 0 Å². The number of nitrogens with zero attached hydrogens (tertiary/aromatic N) is 1. The van der Waals surface area contributed by atoms with Gasteiger partial charge in [0.05, 0.1) is 25.4 Å². The normalized spacial score (nSPS) is 17.5. The average Bonchev–Trinajstić information content (AvgIpc) is 3.29. The Balaban J connectivity index is 1.36. The maximum absolute atomic E-state index is 13.1. The lowest BCUT2D eigenvalue weighted by Crippen LogP contribution is -2.42. The number of anilines is 1. The number of hydrogen-bond donors (Lipinski definition) is 0. The van der Waals surface area contributed by atoms with E-state index < -0.39 is 5.79 Å². The van der Waals surface area contributed by atoms with Crippen molar-refractivity contribution in [2.45, 2.75) is 5.79 Å². The van der Waals surface area contributed by atoms with E-state index in [1.807, 2.05) is 42.5 Å². The van der Waals surface area contributed by atoms with Crippen LogP contribution in [0.4, 0.5) is 5.69 Å². The van der Waals surface area contributed by atoms with Crippen LogP contribution in [0.3, 0.4) is 0 Å². The van der Waals surface area contributed by atoms with Crippen molar-refractivity contribution in [1.29, 1.82) is 0 Å². The molecule has 1 spiro atoms. The third-order valence-corrected chi connectivity index (χ3v) is 5.36. The molecule has 5 nitrogen and oxygen atoms in total. The van der Waals surface area contributed by atoms with E-state index >= 15 is 0 Å². The molecule has 6 heteroatoms. The molecule has 0 aliphatic carbocycles. The summed E-state index contributed by atoms with van der Waals surface area (Å²) in [7, 11) is 0. The van der Waals surface area contributed by atoms with E-state index in [2.05, 4.69) is 6.07 Å². The van der Waals surface area contributed by atoms with Gasteiger partial charge in [0.15, 0.2) is 0 Å². The standard InChI is InChI=1S/C22H18ClNO4/c23-17-6-8-20-19(14-17)22(27-11-12-28-22)21(25)24(20)9-10-26-18-7-5-15-3-1-2-4-16(15)13-18/h1-8,13-14H,9-12H2. The predicted molar refractivity (Wildman–Crippen MR) is 107 cm³/mol. The molecule has 3 aromatic rings. The van der Waals surface area contributed by atoms with Crippen molar-refractivity contribution in [3.63, 3.8) is 0 Å². The van der Waals surface area contributed by atoms with Crippen LogP contribution in [0.2, 0.25) is 5.02 Å². The van der Waals surface area contributed by atoms with Crippen molar-refractivity contribution in [2.24, 2.45) is 0 Å². The second-order valence-electron chi connectivity index (χ2n) is 6.79. The van der Waals surface area contributed by atoms with Gasteiger partial charge in [-0.3, -0.25) is 4.79 Å². The molecule has 2 heterocycles. The van der Waals surface area contributed by atoms with Crippen molar-refractivity contribution in [3.8, 4) is 5.75 Å². The molecule has 28 heavy (non-hydrogen) atoms. The molecule has 0 atom stereocenters. The molecule has 5 rings (SSSR count). The molecular formula is C22H18ClNO4. The molecule has 0 radical (unpaired) electrons. The van der Waals surface area contributed by atoms with E-state index in [0.717, 1.165) is 22.2 Å². The zero-order chi connectivity index (χ0) is 19.1. The highest BCUT2D eigenvalue weighted by Crippen LogP contribution is 2.46. The first-order chi connectivity index (χ1) is 13.7. The fraction of sp³-hybridized carbons (Fsp3) is 0.227. The highest BCUT2D eigenvalue weighted by molar-refractivity contribution is 6.31. The van der Waals surface area contributed by atoms with Crippen molar-refractivity contribution >= 4 is 34.0 Å². The molecule has 2 aliphatic rings. The van der Waals surface area contributed by atoms with Crippen LogP contribution < -0.4 is 9.64 Å². The molecule has 3 aromatic carbocycles. The van der Waals surface area contributed by atoms with E-state index in [-0.39, 0.29) is 5.91 Å². The van der Waals surface area contributed by atoms with Crippen molar-refractivity contribution < 1.29 is 19.0 Å². The summed E-state index contributed by atoms with van der Waals surface area (Å²) >= 11 is 6.15. The minimum Gasteiger partial charge on any atom is -0.492 e. The number of carbonyl (C=O) groups is 1. The lowest BCUT2D eigenvalue weighted by Gasteiger charge is -2.22. The van der Waals surface area contributed by atoms with Gasteiger partial charge in [0.25, 0.3) is 11.7 Å². The summed E-state index contributed by atoms with van der Waals surface area (Å²) in [6.07, 6.45) is 0. The smallest absolute Gasteiger partial charge is 0.292 e. The van der Waals surface area contributed by atoms with Crippen LogP contribution in [-0.2, 0) is 20.1 Å². The first kappa shape index (κ1) is 17.5. The second kappa shape index (κ2) is 6.78. The number of amides is 1. The Labute approximate surface area is 167 Å². The van der Waals surface area contributed by atoms with Crippen molar-refractivity contribution in [3.05, 3.63) is 71.2 Å². The highest BCUT2D eigenvalue weighted by atomic mass is 35.5. The van der Waals surface area contributed by atoms with Gasteiger partial charge < -0.3 is 19.1 Å². The van der Waals surface area contributed by atoms with Crippen LogP contribution >= 0.6 is 11.6 Å². The maximum atomic E-state index is 13.1. The van der Waals surface area contributed by atoms with Gasteiger partial charge in [-0.15, -0.1) is 0 Å². The second-order valence-corrected chi connectivity index (χ2v) is 7.23. The first-order valence-electron chi connectivity index (χ1n) is 9.19. The molecule has 0 aromatic heterocycles. The van der Waals surface area contributed by atoms with E-state index in [4.69, 9.17) is 25.8 Å². The Bertz CT molecular complexity index is 1060. The fourth-order valence-electron chi connectivity index (χ4n) is 3.83.